The van der Waals surface area contributed by atoms with Gasteiger partial charge in [-0.3, -0.25) is 4.79 Å². The second kappa shape index (κ2) is 5.30. The highest BCUT2D eigenvalue weighted by molar-refractivity contribution is 7.90. The summed E-state index contributed by atoms with van der Waals surface area (Å²) in [7, 11) is -3.88. The first-order chi connectivity index (χ1) is 8.29. The first kappa shape index (κ1) is 14.4. The number of sulfonamides is 1. The number of amides is 1. The minimum atomic E-state index is -3.88. The predicted octanol–water partition coefficient (Wildman–Crippen LogP) is 1.11. The van der Waals surface area contributed by atoms with E-state index in [2.05, 4.69) is 0 Å². The summed E-state index contributed by atoms with van der Waals surface area (Å²) in [6.07, 6.45) is 0.553. The topological polar surface area (TPSA) is 80.3 Å². The van der Waals surface area contributed by atoms with Crippen molar-refractivity contribution < 1.29 is 18.0 Å². The number of carbonyl (C=O) groups is 2. The average Bonchev–Trinajstić information content (AvgIpc) is 2.29. The third-order valence-electron chi connectivity index (χ3n) is 2.49. The Balaban J connectivity index is 2.92. The molecule has 0 aliphatic carbocycles. The van der Waals surface area contributed by atoms with Crippen LogP contribution in [0.1, 0.15) is 20.3 Å². The highest BCUT2D eigenvalue weighted by Gasteiger charge is 2.30. The van der Waals surface area contributed by atoms with Crippen molar-refractivity contribution in [1.82, 2.24) is 4.72 Å². The molecule has 1 aromatic carbocycles. The lowest BCUT2D eigenvalue weighted by atomic mass is 9.89. The van der Waals surface area contributed by atoms with Crippen LogP contribution in [0.5, 0.6) is 0 Å². The summed E-state index contributed by atoms with van der Waals surface area (Å²) in [5, 5.41) is 0. The molecule has 18 heavy (non-hydrogen) atoms. The molecule has 1 amide bonds. The van der Waals surface area contributed by atoms with Crippen LogP contribution in [0, 0.1) is 5.41 Å². The van der Waals surface area contributed by atoms with Crippen molar-refractivity contribution in [3.8, 4) is 0 Å². The van der Waals surface area contributed by atoms with E-state index in [1.165, 1.54) is 26.0 Å². The van der Waals surface area contributed by atoms with E-state index in [-0.39, 0.29) is 11.3 Å². The molecule has 0 atom stereocenters. The van der Waals surface area contributed by atoms with E-state index in [9.17, 15) is 18.0 Å². The van der Waals surface area contributed by atoms with Crippen LogP contribution in [0.4, 0.5) is 0 Å². The molecule has 0 aliphatic rings. The van der Waals surface area contributed by atoms with Gasteiger partial charge in [-0.2, -0.15) is 0 Å². The molecule has 1 N–H and O–H groups in total. The Morgan fingerprint density at radius 2 is 1.83 bits per heavy atom. The van der Waals surface area contributed by atoms with Crippen molar-refractivity contribution in [3.63, 3.8) is 0 Å². The molecule has 0 spiro atoms. The Bertz CT molecular complexity index is 534. The molecule has 0 saturated carbocycles. The molecule has 0 bridgehead atoms. The molecular formula is C12H15NO4S. The minimum absolute atomic E-state index is 0.0141. The van der Waals surface area contributed by atoms with E-state index in [1.54, 1.807) is 18.2 Å². The maximum Gasteiger partial charge on any atom is 0.264 e. The molecule has 0 radical (unpaired) electrons. The minimum Gasteiger partial charge on any atom is -0.303 e. The van der Waals surface area contributed by atoms with Crippen LogP contribution in [-0.4, -0.2) is 20.6 Å². The van der Waals surface area contributed by atoms with Gasteiger partial charge in [-0.15, -0.1) is 0 Å². The van der Waals surface area contributed by atoms with Gasteiger partial charge in [0.1, 0.15) is 6.29 Å². The molecule has 1 aromatic rings. The Morgan fingerprint density at radius 1 is 1.28 bits per heavy atom. The van der Waals surface area contributed by atoms with Crippen LogP contribution in [0.2, 0.25) is 0 Å². The van der Waals surface area contributed by atoms with Crippen molar-refractivity contribution >= 4 is 22.2 Å². The number of hydrogen-bond acceptors (Lipinski definition) is 4. The number of rotatable bonds is 5. The van der Waals surface area contributed by atoms with Crippen molar-refractivity contribution in [3.05, 3.63) is 30.3 Å². The summed E-state index contributed by atoms with van der Waals surface area (Å²) < 4.78 is 25.7. The summed E-state index contributed by atoms with van der Waals surface area (Å²) in [5.41, 5.74) is -1.05. The van der Waals surface area contributed by atoms with Gasteiger partial charge in [-0.25, -0.2) is 13.1 Å². The maximum absolute atomic E-state index is 11.9. The van der Waals surface area contributed by atoms with E-state index >= 15 is 0 Å². The van der Waals surface area contributed by atoms with E-state index < -0.39 is 21.3 Å². The first-order valence-corrected chi connectivity index (χ1v) is 6.84. The molecule has 0 fully saturated rings. The maximum atomic E-state index is 11.9. The number of aldehydes is 1. The Kier molecular flexibility index (Phi) is 4.24. The van der Waals surface area contributed by atoms with E-state index in [1.807, 2.05) is 4.72 Å². The smallest absolute Gasteiger partial charge is 0.264 e. The lowest BCUT2D eigenvalue weighted by molar-refractivity contribution is -0.129. The normalized spacial score (nSPS) is 11.9. The second-order valence-electron chi connectivity index (χ2n) is 4.50. The third-order valence-corrected chi connectivity index (χ3v) is 3.84. The average molecular weight is 269 g/mol. The lowest BCUT2D eigenvalue weighted by Crippen LogP contribution is -2.40. The quantitative estimate of drug-likeness (QED) is 0.812. The van der Waals surface area contributed by atoms with Crippen LogP contribution in [0.25, 0.3) is 0 Å². The Morgan fingerprint density at radius 3 is 2.33 bits per heavy atom. The summed E-state index contributed by atoms with van der Waals surface area (Å²) in [6.45, 7) is 3.02. The molecule has 6 heteroatoms. The number of carbonyl (C=O) groups excluding carboxylic acids is 2. The first-order valence-electron chi connectivity index (χ1n) is 5.35. The van der Waals surface area contributed by atoms with Crippen molar-refractivity contribution in [1.29, 1.82) is 0 Å². The second-order valence-corrected chi connectivity index (χ2v) is 6.18. The number of benzene rings is 1. The van der Waals surface area contributed by atoms with Gasteiger partial charge in [-0.05, 0) is 12.1 Å². The SMILES string of the molecule is CC(C)(CC=O)C(=O)NS(=O)(=O)c1ccccc1. The fraction of sp³-hybridized carbons (Fsp3) is 0.333. The Labute approximate surface area is 106 Å². The zero-order valence-electron chi connectivity index (χ0n) is 10.2. The van der Waals surface area contributed by atoms with E-state index in [0.29, 0.717) is 6.29 Å². The van der Waals surface area contributed by atoms with Gasteiger partial charge >= 0.3 is 0 Å². The van der Waals surface area contributed by atoms with Crippen LogP contribution in [-0.2, 0) is 19.6 Å². The van der Waals surface area contributed by atoms with Crippen LogP contribution < -0.4 is 4.72 Å². The number of hydrogen-bond donors (Lipinski definition) is 1. The van der Waals surface area contributed by atoms with Gasteiger partial charge in [0, 0.05) is 6.42 Å². The van der Waals surface area contributed by atoms with Crippen molar-refractivity contribution in [2.75, 3.05) is 0 Å². The highest BCUT2D eigenvalue weighted by Crippen LogP contribution is 2.20. The fourth-order valence-electron chi connectivity index (χ4n) is 1.22. The highest BCUT2D eigenvalue weighted by atomic mass is 32.2. The van der Waals surface area contributed by atoms with Crippen molar-refractivity contribution in [2.45, 2.75) is 25.2 Å². The van der Waals surface area contributed by atoms with Gasteiger partial charge in [-0.1, -0.05) is 32.0 Å². The van der Waals surface area contributed by atoms with Crippen molar-refractivity contribution in [2.24, 2.45) is 5.41 Å². The molecule has 0 unspecified atom stereocenters. The zero-order valence-corrected chi connectivity index (χ0v) is 11.0. The fourth-order valence-corrected chi connectivity index (χ4v) is 2.37. The summed E-state index contributed by atoms with van der Waals surface area (Å²) in [5.74, 6) is -0.696. The van der Waals surface area contributed by atoms with Gasteiger partial charge in [0.05, 0.1) is 10.3 Å². The van der Waals surface area contributed by atoms with Crippen LogP contribution >= 0.6 is 0 Å². The molecule has 98 valence electrons. The van der Waals surface area contributed by atoms with Gasteiger partial charge in [0.25, 0.3) is 10.0 Å². The Hall–Kier alpha value is -1.69. The zero-order chi connectivity index (χ0) is 13.8. The monoisotopic (exact) mass is 269 g/mol. The molecule has 0 aromatic heterocycles. The summed E-state index contributed by atoms with van der Waals surface area (Å²) in [6, 6.07) is 7.59. The van der Waals surface area contributed by atoms with Gasteiger partial charge in [0.2, 0.25) is 5.91 Å². The van der Waals surface area contributed by atoms with Crippen LogP contribution in [0.15, 0.2) is 35.2 Å². The summed E-state index contributed by atoms with van der Waals surface area (Å²) >= 11 is 0. The largest absolute Gasteiger partial charge is 0.303 e. The summed E-state index contributed by atoms with van der Waals surface area (Å²) in [4.78, 5) is 22.2. The standard InChI is InChI=1S/C12H15NO4S/c1-12(2,8-9-14)11(15)13-18(16,17)10-6-4-3-5-7-10/h3-7,9H,8H2,1-2H3,(H,13,15). The van der Waals surface area contributed by atoms with Gasteiger partial charge in [0.15, 0.2) is 0 Å². The molecule has 0 heterocycles. The van der Waals surface area contributed by atoms with E-state index in [0.717, 1.165) is 0 Å². The number of nitrogens with one attached hydrogen (secondary N) is 1. The molecule has 0 saturated heterocycles. The lowest BCUT2D eigenvalue weighted by Gasteiger charge is -2.20. The van der Waals surface area contributed by atoms with Gasteiger partial charge < -0.3 is 4.79 Å². The molecular weight excluding hydrogens is 254 g/mol. The van der Waals surface area contributed by atoms with E-state index in [4.69, 9.17) is 0 Å². The molecule has 5 nitrogen and oxygen atoms in total. The third kappa shape index (κ3) is 3.40. The predicted molar refractivity (Wildman–Crippen MR) is 66.2 cm³/mol. The molecule has 1 rings (SSSR count). The van der Waals surface area contributed by atoms with Crippen LogP contribution in [0.3, 0.4) is 0 Å². The molecule has 0 aliphatic heterocycles.